The molecule has 0 spiro atoms. The third kappa shape index (κ3) is 3.24. The van der Waals surface area contributed by atoms with Gasteiger partial charge in [-0.25, -0.2) is 4.39 Å². The Hall–Kier alpha value is -1.46. The van der Waals surface area contributed by atoms with Crippen molar-refractivity contribution < 1.29 is 9.18 Å². The molecular formula is C16H22FN3O. The van der Waals surface area contributed by atoms with Crippen LogP contribution in [0.1, 0.15) is 30.4 Å². The van der Waals surface area contributed by atoms with Gasteiger partial charge in [-0.05, 0) is 42.0 Å². The van der Waals surface area contributed by atoms with Crippen LogP contribution in [0.2, 0.25) is 0 Å². The maximum Gasteiger partial charge on any atom is 0.220 e. The molecule has 2 atom stereocenters. The van der Waals surface area contributed by atoms with Crippen LogP contribution in [-0.2, 0) is 17.9 Å². The lowest BCUT2D eigenvalue weighted by Gasteiger charge is -2.41. The fourth-order valence-corrected chi connectivity index (χ4v) is 3.51. The van der Waals surface area contributed by atoms with Crippen LogP contribution in [-0.4, -0.2) is 29.9 Å². The van der Waals surface area contributed by atoms with Gasteiger partial charge in [-0.2, -0.15) is 0 Å². The van der Waals surface area contributed by atoms with Gasteiger partial charge in [0.25, 0.3) is 0 Å². The second kappa shape index (κ2) is 6.12. The van der Waals surface area contributed by atoms with E-state index in [-0.39, 0.29) is 11.7 Å². The molecule has 2 unspecified atom stereocenters. The molecule has 1 aromatic carbocycles. The van der Waals surface area contributed by atoms with E-state index in [1.165, 1.54) is 12.1 Å². The SMILES string of the molecule is NCc1cc(F)ccc1CN1CCC2NC(=O)CCC2C1. The average Bonchev–Trinajstić information content (AvgIpc) is 2.49. The minimum Gasteiger partial charge on any atom is -0.353 e. The zero-order chi connectivity index (χ0) is 14.8. The molecule has 3 rings (SSSR count). The molecule has 2 aliphatic rings. The molecule has 3 N–H and O–H groups in total. The number of piperidine rings is 2. The van der Waals surface area contributed by atoms with Gasteiger partial charge >= 0.3 is 0 Å². The largest absolute Gasteiger partial charge is 0.353 e. The predicted molar refractivity (Wildman–Crippen MR) is 78.8 cm³/mol. The molecule has 2 saturated heterocycles. The number of benzene rings is 1. The van der Waals surface area contributed by atoms with Gasteiger partial charge in [-0.15, -0.1) is 0 Å². The van der Waals surface area contributed by atoms with E-state index < -0.39 is 0 Å². The quantitative estimate of drug-likeness (QED) is 0.884. The first-order chi connectivity index (χ1) is 10.2. The zero-order valence-corrected chi connectivity index (χ0v) is 12.1. The van der Waals surface area contributed by atoms with Crippen LogP contribution in [0.5, 0.6) is 0 Å². The molecule has 21 heavy (non-hydrogen) atoms. The van der Waals surface area contributed by atoms with Crippen molar-refractivity contribution >= 4 is 5.91 Å². The van der Waals surface area contributed by atoms with E-state index in [0.29, 0.717) is 24.9 Å². The number of nitrogens with two attached hydrogens (primary N) is 1. The van der Waals surface area contributed by atoms with Crippen LogP contribution in [0, 0.1) is 11.7 Å². The summed E-state index contributed by atoms with van der Waals surface area (Å²) in [5, 5.41) is 3.10. The molecule has 4 nitrogen and oxygen atoms in total. The topological polar surface area (TPSA) is 58.4 Å². The number of hydrogen-bond donors (Lipinski definition) is 2. The molecule has 5 heteroatoms. The molecule has 2 fully saturated rings. The van der Waals surface area contributed by atoms with Gasteiger partial charge in [0.15, 0.2) is 0 Å². The van der Waals surface area contributed by atoms with Crippen molar-refractivity contribution in [3.05, 3.63) is 35.1 Å². The van der Waals surface area contributed by atoms with E-state index in [1.54, 1.807) is 0 Å². The molecule has 0 aliphatic carbocycles. The van der Waals surface area contributed by atoms with Gasteiger partial charge in [0.2, 0.25) is 5.91 Å². The van der Waals surface area contributed by atoms with Crippen LogP contribution < -0.4 is 11.1 Å². The summed E-state index contributed by atoms with van der Waals surface area (Å²) < 4.78 is 13.3. The van der Waals surface area contributed by atoms with Crippen molar-refractivity contribution in [2.24, 2.45) is 11.7 Å². The summed E-state index contributed by atoms with van der Waals surface area (Å²) >= 11 is 0. The Morgan fingerprint density at radius 1 is 1.33 bits per heavy atom. The number of likely N-dealkylation sites (tertiary alicyclic amines) is 1. The van der Waals surface area contributed by atoms with Crippen LogP contribution in [0.3, 0.4) is 0 Å². The third-order valence-electron chi connectivity index (χ3n) is 4.69. The summed E-state index contributed by atoms with van der Waals surface area (Å²) in [5.41, 5.74) is 7.71. The number of fused-ring (bicyclic) bond motifs is 1. The molecular weight excluding hydrogens is 269 g/mol. The van der Waals surface area contributed by atoms with Crippen LogP contribution in [0.4, 0.5) is 4.39 Å². The van der Waals surface area contributed by atoms with Crippen molar-refractivity contribution in [3.63, 3.8) is 0 Å². The maximum absolute atomic E-state index is 13.3. The number of carbonyl (C=O) groups excluding carboxylic acids is 1. The van der Waals surface area contributed by atoms with E-state index in [9.17, 15) is 9.18 Å². The maximum atomic E-state index is 13.3. The molecule has 1 amide bonds. The number of carbonyl (C=O) groups is 1. The Balaban J connectivity index is 1.65. The number of halogens is 1. The number of rotatable bonds is 3. The zero-order valence-electron chi connectivity index (χ0n) is 12.1. The summed E-state index contributed by atoms with van der Waals surface area (Å²) in [6, 6.07) is 5.21. The molecule has 2 aliphatic heterocycles. The summed E-state index contributed by atoms with van der Waals surface area (Å²) in [7, 11) is 0. The average molecular weight is 291 g/mol. The first-order valence-electron chi connectivity index (χ1n) is 7.65. The minimum atomic E-state index is -0.229. The van der Waals surface area contributed by atoms with E-state index in [0.717, 1.165) is 43.6 Å². The predicted octanol–water partition coefficient (Wildman–Crippen LogP) is 1.38. The summed E-state index contributed by atoms with van der Waals surface area (Å²) in [4.78, 5) is 13.8. The third-order valence-corrected chi connectivity index (χ3v) is 4.69. The molecule has 0 radical (unpaired) electrons. The standard InChI is InChI=1S/C16H22FN3O/c17-14-3-1-11(13(7-14)8-18)9-20-6-5-15-12(10-20)2-4-16(21)19-15/h1,3,7,12,15H,2,4-6,8-10,18H2,(H,19,21). The Morgan fingerprint density at radius 2 is 2.19 bits per heavy atom. The highest BCUT2D eigenvalue weighted by Gasteiger charge is 2.33. The Labute approximate surface area is 124 Å². The van der Waals surface area contributed by atoms with Crippen molar-refractivity contribution in [2.75, 3.05) is 13.1 Å². The minimum absolute atomic E-state index is 0.189. The number of amides is 1. The highest BCUT2D eigenvalue weighted by Crippen LogP contribution is 2.26. The van der Waals surface area contributed by atoms with E-state index in [2.05, 4.69) is 10.2 Å². The molecule has 0 aromatic heterocycles. The normalized spacial score (nSPS) is 26.3. The van der Waals surface area contributed by atoms with Gasteiger partial charge in [0, 0.05) is 38.6 Å². The van der Waals surface area contributed by atoms with Gasteiger partial charge in [-0.1, -0.05) is 6.07 Å². The Kier molecular flexibility index (Phi) is 4.22. The van der Waals surface area contributed by atoms with Gasteiger partial charge in [0.1, 0.15) is 5.82 Å². The second-order valence-corrected chi connectivity index (χ2v) is 6.11. The molecule has 2 heterocycles. The molecule has 0 bridgehead atoms. The van der Waals surface area contributed by atoms with Crippen molar-refractivity contribution in [2.45, 2.75) is 38.4 Å². The Bertz CT molecular complexity index is 534. The summed E-state index contributed by atoms with van der Waals surface area (Å²) in [6.07, 6.45) is 2.61. The number of nitrogens with one attached hydrogen (secondary N) is 1. The van der Waals surface area contributed by atoms with Crippen LogP contribution >= 0.6 is 0 Å². The van der Waals surface area contributed by atoms with Gasteiger partial charge in [-0.3, -0.25) is 9.69 Å². The van der Waals surface area contributed by atoms with Crippen LogP contribution in [0.25, 0.3) is 0 Å². The summed E-state index contributed by atoms with van der Waals surface area (Å²) in [6.45, 7) is 3.13. The van der Waals surface area contributed by atoms with Crippen LogP contribution in [0.15, 0.2) is 18.2 Å². The number of hydrogen-bond acceptors (Lipinski definition) is 3. The smallest absolute Gasteiger partial charge is 0.220 e. The highest BCUT2D eigenvalue weighted by atomic mass is 19.1. The van der Waals surface area contributed by atoms with E-state index >= 15 is 0 Å². The summed E-state index contributed by atoms with van der Waals surface area (Å²) in [5.74, 6) is 0.500. The lowest BCUT2D eigenvalue weighted by Crippen LogP contribution is -2.53. The monoisotopic (exact) mass is 291 g/mol. The van der Waals surface area contributed by atoms with Gasteiger partial charge in [0.05, 0.1) is 0 Å². The first-order valence-corrected chi connectivity index (χ1v) is 7.65. The molecule has 114 valence electrons. The second-order valence-electron chi connectivity index (χ2n) is 6.11. The number of nitrogens with zero attached hydrogens (tertiary/aromatic N) is 1. The van der Waals surface area contributed by atoms with Crippen molar-refractivity contribution in [3.8, 4) is 0 Å². The lowest BCUT2D eigenvalue weighted by atomic mass is 9.85. The molecule has 0 saturated carbocycles. The van der Waals surface area contributed by atoms with E-state index in [4.69, 9.17) is 5.73 Å². The van der Waals surface area contributed by atoms with E-state index in [1.807, 2.05) is 6.07 Å². The molecule has 1 aromatic rings. The fourth-order valence-electron chi connectivity index (χ4n) is 3.51. The highest BCUT2D eigenvalue weighted by molar-refractivity contribution is 5.77. The van der Waals surface area contributed by atoms with Crippen molar-refractivity contribution in [1.29, 1.82) is 0 Å². The van der Waals surface area contributed by atoms with Gasteiger partial charge < -0.3 is 11.1 Å². The fraction of sp³-hybridized carbons (Fsp3) is 0.562. The first kappa shape index (κ1) is 14.5. The lowest BCUT2D eigenvalue weighted by molar-refractivity contribution is -0.125. The van der Waals surface area contributed by atoms with Crippen molar-refractivity contribution in [1.82, 2.24) is 10.2 Å². The Morgan fingerprint density at radius 3 is 3.00 bits per heavy atom.